The minimum Gasteiger partial charge on any atom is -0.489 e. The zero-order valence-corrected chi connectivity index (χ0v) is 11.7. The largest absolute Gasteiger partial charge is 0.489 e. The maximum absolute atomic E-state index is 13.7. The molecule has 0 heterocycles. The van der Waals surface area contributed by atoms with Gasteiger partial charge >= 0.3 is 11.8 Å². The summed E-state index contributed by atoms with van der Waals surface area (Å²) in [5.41, 5.74) is -4.07. The number of alkyl halides is 8. The van der Waals surface area contributed by atoms with Crippen molar-refractivity contribution < 1.29 is 45.0 Å². The van der Waals surface area contributed by atoms with E-state index < -0.39 is 71.7 Å². The zero-order chi connectivity index (χ0) is 18.1. The SMILES string of the molecule is OC1c2c(ccc(OC3CC(F)(F)C3)c2C(F)F)C(F)(F)C1(F)F. The number of ether oxygens (including phenoxy) is 1. The van der Waals surface area contributed by atoms with Gasteiger partial charge in [0.1, 0.15) is 11.9 Å². The Hall–Kier alpha value is -1.58. The van der Waals surface area contributed by atoms with E-state index in [-0.39, 0.29) is 0 Å². The molecule has 0 aliphatic heterocycles. The second-order valence-electron chi connectivity index (χ2n) is 5.84. The molecule has 0 amide bonds. The van der Waals surface area contributed by atoms with Crippen LogP contribution < -0.4 is 4.74 Å². The Morgan fingerprint density at radius 2 is 1.62 bits per heavy atom. The predicted octanol–water partition coefficient (Wildman–Crippen LogP) is 4.57. The first-order valence-corrected chi connectivity index (χ1v) is 6.82. The Kier molecular flexibility index (Phi) is 3.57. The molecule has 0 saturated heterocycles. The molecule has 0 aromatic heterocycles. The second-order valence-corrected chi connectivity index (χ2v) is 5.84. The highest BCUT2D eigenvalue weighted by Gasteiger charge is 2.69. The highest BCUT2D eigenvalue weighted by atomic mass is 19.3. The van der Waals surface area contributed by atoms with E-state index in [1.54, 1.807) is 0 Å². The van der Waals surface area contributed by atoms with Crippen molar-refractivity contribution in [2.24, 2.45) is 0 Å². The summed E-state index contributed by atoms with van der Waals surface area (Å²) < 4.78 is 111. The van der Waals surface area contributed by atoms with Gasteiger partial charge in [0.15, 0.2) is 6.10 Å². The molecule has 0 radical (unpaired) electrons. The fourth-order valence-electron chi connectivity index (χ4n) is 2.91. The number of fused-ring (bicyclic) bond motifs is 1. The molecule has 1 unspecified atom stereocenters. The van der Waals surface area contributed by atoms with Crippen LogP contribution in [0.5, 0.6) is 5.75 Å². The van der Waals surface area contributed by atoms with Crippen molar-refractivity contribution in [1.29, 1.82) is 0 Å². The van der Waals surface area contributed by atoms with Gasteiger partial charge in [0.05, 0.1) is 5.56 Å². The third-order valence-corrected chi connectivity index (χ3v) is 4.19. The monoisotopic (exact) mass is 362 g/mol. The second kappa shape index (κ2) is 4.96. The molecule has 0 spiro atoms. The quantitative estimate of drug-likeness (QED) is 0.798. The van der Waals surface area contributed by atoms with Crippen LogP contribution in [-0.2, 0) is 5.92 Å². The van der Waals surface area contributed by atoms with E-state index in [0.29, 0.717) is 12.1 Å². The minimum atomic E-state index is -4.97. The standard InChI is InChI=1S/C14H10F8O2/c15-11(16)9-7(24-5-3-12(17,18)4-5)2-1-6-8(9)10(23)14(21,22)13(6,19)20/h1-2,5,10-11,23H,3-4H2. The van der Waals surface area contributed by atoms with Crippen LogP contribution in [0.4, 0.5) is 35.1 Å². The van der Waals surface area contributed by atoms with Crippen LogP contribution in [0.25, 0.3) is 0 Å². The molecule has 1 atom stereocenters. The molecule has 24 heavy (non-hydrogen) atoms. The number of hydrogen-bond acceptors (Lipinski definition) is 2. The molecule has 2 aliphatic carbocycles. The summed E-state index contributed by atoms with van der Waals surface area (Å²) in [6.45, 7) is 0. The maximum atomic E-state index is 13.7. The average molecular weight is 362 g/mol. The topological polar surface area (TPSA) is 29.5 Å². The Labute approximate surface area is 130 Å². The fraction of sp³-hybridized carbons (Fsp3) is 0.571. The first-order valence-electron chi connectivity index (χ1n) is 6.82. The van der Waals surface area contributed by atoms with Crippen LogP contribution in [0.15, 0.2) is 12.1 Å². The fourth-order valence-corrected chi connectivity index (χ4v) is 2.91. The van der Waals surface area contributed by atoms with Gasteiger partial charge in [0.2, 0.25) is 0 Å². The summed E-state index contributed by atoms with van der Waals surface area (Å²) in [4.78, 5) is 0. The van der Waals surface area contributed by atoms with Gasteiger partial charge in [-0.3, -0.25) is 0 Å². The number of halogens is 8. The number of rotatable bonds is 3. The van der Waals surface area contributed by atoms with Gasteiger partial charge in [-0.15, -0.1) is 0 Å². The molecule has 0 bridgehead atoms. The average Bonchev–Trinajstić information content (AvgIpc) is 2.55. The molecule has 1 aromatic carbocycles. The molecule has 1 saturated carbocycles. The number of benzene rings is 1. The van der Waals surface area contributed by atoms with E-state index in [4.69, 9.17) is 4.74 Å². The zero-order valence-electron chi connectivity index (χ0n) is 11.7. The Bertz CT molecular complexity index is 665. The van der Waals surface area contributed by atoms with Crippen LogP contribution >= 0.6 is 0 Å². The smallest absolute Gasteiger partial charge is 0.343 e. The lowest BCUT2D eigenvalue weighted by molar-refractivity contribution is -0.246. The maximum Gasteiger partial charge on any atom is 0.343 e. The predicted molar refractivity (Wildman–Crippen MR) is 63.8 cm³/mol. The van der Waals surface area contributed by atoms with E-state index >= 15 is 0 Å². The summed E-state index contributed by atoms with van der Waals surface area (Å²) in [7, 11) is 0. The van der Waals surface area contributed by atoms with Crippen molar-refractivity contribution in [3.05, 3.63) is 28.8 Å². The molecule has 1 aromatic rings. The third-order valence-electron chi connectivity index (χ3n) is 4.19. The van der Waals surface area contributed by atoms with Crippen molar-refractivity contribution >= 4 is 0 Å². The molecule has 3 rings (SSSR count). The van der Waals surface area contributed by atoms with Crippen LogP contribution in [0.3, 0.4) is 0 Å². The summed E-state index contributed by atoms with van der Waals surface area (Å²) >= 11 is 0. The molecular formula is C14H10F8O2. The molecule has 134 valence electrons. The van der Waals surface area contributed by atoms with E-state index in [1.165, 1.54) is 0 Å². The third kappa shape index (κ3) is 2.26. The van der Waals surface area contributed by atoms with Crippen molar-refractivity contribution in [2.45, 2.75) is 49.2 Å². The lowest BCUT2D eigenvalue weighted by atomic mass is 9.90. The van der Waals surface area contributed by atoms with Gasteiger partial charge < -0.3 is 9.84 Å². The summed E-state index contributed by atoms with van der Waals surface area (Å²) in [6, 6.07) is 1.05. The number of hydrogen-bond donors (Lipinski definition) is 1. The highest BCUT2D eigenvalue weighted by molar-refractivity contribution is 5.53. The Morgan fingerprint density at radius 1 is 1.04 bits per heavy atom. The molecule has 2 nitrogen and oxygen atoms in total. The van der Waals surface area contributed by atoms with E-state index in [0.717, 1.165) is 0 Å². The first kappa shape index (κ1) is 17.2. The van der Waals surface area contributed by atoms with Crippen LogP contribution in [0.2, 0.25) is 0 Å². The van der Waals surface area contributed by atoms with Crippen LogP contribution in [0, 0.1) is 0 Å². The minimum absolute atomic E-state index is 0.442. The van der Waals surface area contributed by atoms with Crippen molar-refractivity contribution in [3.8, 4) is 5.75 Å². The molecule has 10 heteroatoms. The Morgan fingerprint density at radius 3 is 2.12 bits per heavy atom. The number of aliphatic hydroxyl groups excluding tert-OH is 1. The molecule has 1 N–H and O–H groups in total. The van der Waals surface area contributed by atoms with E-state index in [1.807, 2.05) is 0 Å². The molecule has 1 fully saturated rings. The van der Waals surface area contributed by atoms with E-state index in [2.05, 4.69) is 0 Å². The normalized spacial score (nSPS) is 27.0. The summed E-state index contributed by atoms with van der Waals surface area (Å²) in [6.07, 6.45) is -9.34. The van der Waals surface area contributed by atoms with Gasteiger partial charge in [-0.2, -0.15) is 17.6 Å². The molecular weight excluding hydrogens is 352 g/mol. The lowest BCUT2D eigenvalue weighted by Gasteiger charge is -2.35. The summed E-state index contributed by atoms with van der Waals surface area (Å²) in [5, 5.41) is 9.45. The van der Waals surface area contributed by atoms with Crippen LogP contribution in [-0.4, -0.2) is 23.1 Å². The van der Waals surface area contributed by atoms with Crippen molar-refractivity contribution in [3.63, 3.8) is 0 Å². The van der Waals surface area contributed by atoms with Gasteiger partial charge in [-0.1, -0.05) is 0 Å². The van der Waals surface area contributed by atoms with Gasteiger partial charge in [0, 0.05) is 24.0 Å². The van der Waals surface area contributed by atoms with Gasteiger partial charge in [-0.05, 0) is 12.1 Å². The van der Waals surface area contributed by atoms with Crippen molar-refractivity contribution in [1.82, 2.24) is 0 Å². The van der Waals surface area contributed by atoms with E-state index in [9.17, 15) is 40.2 Å². The lowest BCUT2D eigenvalue weighted by Crippen LogP contribution is -2.43. The van der Waals surface area contributed by atoms with Gasteiger partial charge in [0.25, 0.3) is 12.3 Å². The number of aliphatic hydroxyl groups is 1. The summed E-state index contributed by atoms with van der Waals surface area (Å²) in [5.74, 6) is -13.6. The first-order chi connectivity index (χ1) is 10.9. The van der Waals surface area contributed by atoms with Crippen molar-refractivity contribution in [2.75, 3.05) is 0 Å². The molecule has 2 aliphatic rings. The Balaban J connectivity index is 2.05. The van der Waals surface area contributed by atoms with Gasteiger partial charge in [-0.25, -0.2) is 17.6 Å². The van der Waals surface area contributed by atoms with Crippen LogP contribution in [0.1, 0.15) is 42.1 Å². The highest BCUT2D eigenvalue weighted by Crippen LogP contribution is 2.60.